The number of hydrogen-bond donors (Lipinski definition) is 1. The smallest absolute Gasteiger partial charge is 0.120 e. The average Bonchev–Trinajstić information content (AvgIpc) is 3.36. The van der Waals surface area contributed by atoms with Crippen LogP contribution in [0.1, 0.15) is 85.8 Å². The van der Waals surface area contributed by atoms with Gasteiger partial charge in [0, 0.05) is 22.9 Å². The third kappa shape index (κ3) is 4.77. The van der Waals surface area contributed by atoms with E-state index in [4.69, 9.17) is 4.98 Å². The van der Waals surface area contributed by atoms with Gasteiger partial charge in [-0.15, -0.1) is 11.3 Å². The number of aromatic nitrogens is 1. The lowest BCUT2D eigenvalue weighted by Crippen LogP contribution is -2.19. The molecule has 5 rings (SSSR count). The van der Waals surface area contributed by atoms with E-state index in [0.717, 1.165) is 5.01 Å². The number of rotatable bonds is 7. The van der Waals surface area contributed by atoms with Crippen LogP contribution in [0.2, 0.25) is 0 Å². The van der Waals surface area contributed by atoms with Gasteiger partial charge in [0.05, 0.1) is 5.69 Å². The molecule has 3 aromatic rings. The van der Waals surface area contributed by atoms with Crippen molar-refractivity contribution in [2.24, 2.45) is 5.92 Å². The van der Waals surface area contributed by atoms with Crippen LogP contribution in [0.5, 0.6) is 0 Å². The molecule has 0 saturated heterocycles. The highest BCUT2D eigenvalue weighted by Crippen LogP contribution is 2.43. The SMILES string of the molecule is CC1=CC=C2C=CC=CC2C1c1csc(C(Nc2c(C(C)C)cccc2C(C)C)c2ccccc2)n1. The van der Waals surface area contributed by atoms with Gasteiger partial charge in [0.25, 0.3) is 0 Å². The molecular formula is C33H36N2S. The fourth-order valence-electron chi connectivity index (χ4n) is 5.45. The molecule has 0 aliphatic heterocycles. The Balaban J connectivity index is 1.56. The Bertz CT molecular complexity index is 1310. The van der Waals surface area contributed by atoms with Crippen molar-refractivity contribution in [3.8, 4) is 0 Å². The molecule has 3 atom stereocenters. The van der Waals surface area contributed by atoms with Crippen LogP contribution in [0.4, 0.5) is 5.69 Å². The molecule has 1 heterocycles. The fraction of sp³-hybridized carbons (Fsp3) is 0.303. The zero-order chi connectivity index (χ0) is 25.2. The van der Waals surface area contributed by atoms with E-state index in [1.807, 2.05) is 0 Å². The number of fused-ring (bicyclic) bond motifs is 1. The second kappa shape index (κ2) is 10.4. The number of para-hydroxylation sites is 1. The Labute approximate surface area is 220 Å². The van der Waals surface area contributed by atoms with Gasteiger partial charge in [-0.25, -0.2) is 4.98 Å². The van der Waals surface area contributed by atoms with E-state index in [-0.39, 0.29) is 12.0 Å². The Morgan fingerprint density at radius 3 is 2.28 bits per heavy atom. The summed E-state index contributed by atoms with van der Waals surface area (Å²) in [6.45, 7) is 11.3. The van der Waals surface area contributed by atoms with Crippen LogP contribution in [0.3, 0.4) is 0 Å². The Morgan fingerprint density at radius 1 is 0.861 bits per heavy atom. The maximum Gasteiger partial charge on any atom is 0.120 e. The zero-order valence-electron chi connectivity index (χ0n) is 21.9. The minimum absolute atomic E-state index is 0.00738. The first kappa shape index (κ1) is 24.5. The Hall–Kier alpha value is -3.17. The molecule has 0 radical (unpaired) electrons. The summed E-state index contributed by atoms with van der Waals surface area (Å²) in [7, 11) is 0. The Kier molecular flexibility index (Phi) is 7.11. The van der Waals surface area contributed by atoms with Gasteiger partial charge in [-0.05, 0) is 41.0 Å². The first-order chi connectivity index (χ1) is 17.4. The topological polar surface area (TPSA) is 24.9 Å². The maximum atomic E-state index is 5.33. The number of hydrogen-bond acceptors (Lipinski definition) is 3. The number of nitrogens with one attached hydrogen (secondary N) is 1. The minimum Gasteiger partial charge on any atom is -0.372 e. The van der Waals surface area contributed by atoms with Crippen molar-refractivity contribution in [2.75, 3.05) is 5.32 Å². The Morgan fingerprint density at radius 2 is 1.58 bits per heavy atom. The molecule has 2 aromatic carbocycles. The molecule has 3 unspecified atom stereocenters. The van der Waals surface area contributed by atoms with E-state index >= 15 is 0 Å². The van der Waals surface area contributed by atoms with Gasteiger partial charge in [-0.1, -0.05) is 118 Å². The molecule has 0 saturated carbocycles. The molecule has 0 bridgehead atoms. The van der Waals surface area contributed by atoms with Crippen LogP contribution in [-0.2, 0) is 0 Å². The summed E-state index contributed by atoms with van der Waals surface area (Å²) in [4.78, 5) is 5.33. The zero-order valence-corrected chi connectivity index (χ0v) is 22.7. The van der Waals surface area contributed by atoms with Gasteiger partial charge >= 0.3 is 0 Å². The molecular weight excluding hydrogens is 456 g/mol. The molecule has 184 valence electrons. The van der Waals surface area contributed by atoms with Crippen molar-refractivity contribution in [1.29, 1.82) is 0 Å². The van der Waals surface area contributed by atoms with E-state index in [9.17, 15) is 0 Å². The molecule has 0 fully saturated rings. The van der Waals surface area contributed by atoms with Crippen LogP contribution in [0.25, 0.3) is 0 Å². The highest BCUT2D eigenvalue weighted by molar-refractivity contribution is 7.09. The third-order valence-corrected chi connectivity index (χ3v) is 8.32. The van der Waals surface area contributed by atoms with Crippen LogP contribution in [-0.4, -0.2) is 4.98 Å². The maximum absolute atomic E-state index is 5.33. The summed E-state index contributed by atoms with van der Waals surface area (Å²) in [5, 5.41) is 7.39. The summed E-state index contributed by atoms with van der Waals surface area (Å²) in [5.74, 6) is 1.50. The van der Waals surface area contributed by atoms with Gasteiger partial charge in [0.15, 0.2) is 0 Å². The van der Waals surface area contributed by atoms with Crippen molar-refractivity contribution in [3.63, 3.8) is 0 Å². The normalized spacial score (nSPS) is 19.8. The van der Waals surface area contributed by atoms with Crippen molar-refractivity contribution in [3.05, 3.63) is 129 Å². The first-order valence-corrected chi connectivity index (χ1v) is 13.9. The largest absolute Gasteiger partial charge is 0.372 e. The molecule has 2 aliphatic carbocycles. The number of allylic oxidation sites excluding steroid dienone is 8. The monoisotopic (exact) mass is 492 g/mol. The number of benzene rings is 2. The lowest BCUT2D eigenvalue weighted by molar-refractivity contribution is 0.622. The lowest BCUT2D eigenvalue weighted by atomic mass is 9.75. The predicted molar refractivity (Wildman–Crippen MR) is 155 cm³/mol. The van der Waals surface area contributed by atoms with E-state index in [2.05, 4.69) is 130 Å². The second-order valence-corrected chi connectivity index (χ2v) is 11.4. The van der Waals surface area contributed by atoms with Crippen LogP contribution in [0, 0.1) is 5.92 Å². The number of thiazole rings is 1. The summed E-state index contributed by atoms with van der Waals surface area (Å²) in [6.07, 6.45) is 13.4. The van der Waals surface area contributed by atoms with Crippen molar-refractivity contribution in [1.82, 2.24) is 4.98 Å². The van der Waals surface area contributed by atoms with E-state index in [1.54, 1.807) is 11.3 Å². The molecule has 3 heteroatoms. The molecule has 2 aliphatic rings. The molecule has 0 spiro atoms. The predicted octanol–water partition coefficient (Wildman–Crippen LogP) is 9.30. The number of anilines is 1. The highest BCUT2D eigenvalue weighted by Gasteiger charge is 2.31. The van der Waals surface area contributed by atoms with Gasteiger partial charge < -0.3 is 5.32 Å². The first-order valence-electron chi connectivity index (χ1n) is 13.1. The molecule has 0 amide bonds. The van der Waals surface area contributed by atoms with Crippen LogP contribution < -0.4 is 5.32 Å². The quantitative estimate of drug-likeness (QED) is 0.355. The third-order valence-electron chi connectivity index (χ3n) is 7.39. The van der Waals surface area contributed by atoms with Crippen molar-refractivity contribution >= 4 is 17.0 Å². The average molecular weight is 493 g/mol. The van der Waals surface area contributed by atoms with Crippen molar-refractivity contribution < 1.29 is 0 Å². The molecule has 1 aromatic heterocycles. The van der Waals surface area contributed by atoms with E-state index < -0.39 is 0 Å². The summed E-state index contributed by atoms with van der Waals surface area (Å²) < 4.78 is 0. The van der Waals surface area contributed by atoms with Gasteiger partial charge in [-0.3, -0.25) is 0 Å². The standard InChI is InChI=1S/C33H36N2S/c1-21(2)26-16-11-17-27(22(3)4)32(26)35-31(25-13-7-6-8-14-25)33-34-29(20-36-33)30-23(5)18-19-24-12-9-10-15-28(24)30/h6-22,28,30-31,35H,1-5H3. The number of nitrogens with zero attached hydrogens (tertiary/aromatic N) is 1. The van der Waals surface area contributed by atoms with E-state index in [0.29, 0.717) is 17.8 Å². The van der Waals surface area contributed by atoms with Crippen LogP contribution >= 0.6 is 11.3 Å². The van der Waals surface area contributed by atoms with E-state index in [1.165, 1.54) is 39.2 Å². The summed E-state index contributed by atoms with van der Waals surface area (Å²) in [6, 6.07) is 17.5. The highest BCUT2D eigenvalue weighted by atomic mass is 32.1. The van der Waals surface area contributed by atoms with Crippen molar-refractivity contribution in [2.45, 2.75) is 58.4 Å². The van der Waals surface area contributed by atoms with Crippen LogP contribution in [0.15, 0.2) is 102 Å². The minimum atomic E-state index is -0.00738. The molecule has 2 nitrogen and oxygen atoms in total. The molecule has 1 N–H and O–H groups in total. The summed E-state index contributed by atoms with van der Waals surface area (Å²) in [5.41, 5.74) is 9.13. The molecule has 36 heavy (non-hydrogen) atoms. The fourth-order valence-corrected chi connectivity index (χ4v) is 6.38. The van der Waals surface area contributed by atoms with Gasteiger partial charge in [-0.2, -0.15) is 0 Å². The van der Waals surface area contributed by atoms with Gasteiger partial charge in [0.1, 0.15) is 11.0 Å². The van der Waals surface area contributed by atoms with Gasteiger partial charge in [0.2, 0.25) is 0 Å². The lowest BCUT2D eigenvalue weighted by Gasteiger charge is -2.30. The second-order valence-electron chi connectivity index (χ2n) is 10.5. The summed E-state index contributed by atoms with van der Waals surface area (Å²) >= 11 is 1.77.